The van der Waals surface area contributed by atoms with Gasteiger partial charge in [0.2, 0.25) is 0 Å². The molecule has 1 heterocycles. The lowest BCUT2D eigenvalue weighted by Gasteiger charge is -2.13. The lowest BCUT2D eigenvalue weighted by molar-refractivity contribution is 0.395. The van der Waals surface area contributed by atoms with E-state index in [0.717, 1.165) is 0 Å². The molecule has 0 bridgehead atoms. The molecule has 0 aromatic heterocycles. The predicted octanol–water partition coefficient (Wildman–Crippen LogP) is 1.52. The van der Waals surface area contributed by atoms with Crippen molar-refractivity contribution in [2.45, 2.75) is 12.8 Å². The van der Waals surface area contributed by atoms with Gasteiger partial charge in [-0.25, -0.2) is 0 Å². The highest BCUT2D eigenvalue weighted by Gasteiger charge is 2.09. The predicted molar refractivity (Wildman–Crippen MR) is 31.3 cm³/mol. The van der Waals surface area contributed by atoms with Crippen molar-refractivity contribution in [2.75, 3.05) is 13.1 Å². The van der Waals surface area contributed by atoms with Crippen molar-refractivity contribution in [3.8, 4) is 0 Å². The van der Waals surface area contributed by atoms with Gasteiger partial charge >= 0.3 is 0 Å². The average Bonchev–Trinajstić information content (AvgIpc) is 1.90. The summed E-state index contributed by atoms with van der Waals surface area (Å²) in [6.45, 7) is 1.40. The Morgan fingerprint density at radius 2 is 1.78 bits per heavy atom. The van der Waals surface area contributed by atoms with Gasteiger partial charge in [-0.2, -0.15) is 8.78 Å². The molecule has 1 N–H and O–H groups in total. The van der Waals surface area contributed by atoms with Crippen molar-refractivity contribution in [1.29, 1.82) is 0 Å². The Morgan fingerprint density at radius 1 is 1.22 bits per heavy atom. The molecule has 0 atom stereocenters. The fraction of sp³-hybridized carbons (Fsp3) is 0.667. The molecule has 0 aromatic rings. The van der Waals surface area contributed by atoms with E-state index in [4.69, 9.17) is 0 Å². The van der Waals surface area contributed by atoms with Crippen LogP contribution in [-0.4, -0.2) is 13.1 Å². The second-order valence-corrected chi connectivity index (χ2v) is 2.11. The summed E-state index contributed by atoms with van der Waals surface area (Å²) < 4.78 is 23.5. The van der Waals surface area contributed by atoms with Crippen molar-refractivity contribution in [3.05, 3.63) is 11.7 Å². The van der Waals surface area contributed by atoms with E-state index in [2.05, 4.69) is 5.32 Å². The highest BCUT2D eigenvalue weighted by atomic mass is 19.3. The number of hydrogen-bond donors (Lipinski definition) is 1. The lowest BCUT2D eigenvalue weighted by atomic mass is 10.1. The number of hydrogen-bond acceptors (Lipinski definition) is 1. The Hall–Kier alpha value is -0.440. The highest BCUT2D eigenvalue weighted by molar-refractivity contribution is 5.05. The van der Waals surface area contributed by atoms with E-state index in [-0.39, 0.29) is 0 Å². The van der Waals surface area contributed by atoms with Gasteiger partial charge in [-0.15, -0.1) is 0 Å². The Morgan fingerprint density at radius 3 is 2.11 bits per heavy atom. The zero-order valence-electron chi connectivity index (χ0n) is 5.08. The fourth-order valence-corrected chi connectivity index (χ4v) is 0.918. The molecule has 0 amide bonds. The molecule has 52 valence electrons. The highest BCUT2D eigenvalue weighted by Crippen LogP contribution is 2.16. The van der Waals surface area contributed by atoms with Crippen LogP contribution >= 0.6 is 0 Å². The van der Waals surface area contributed by atoms with Gasteiger partial charge in [-0.3, -0.25) is 0 Å². The van der Waals surface area contributed by atoms with Crippen LogP contribution in [0.3, 0.4) is 0 Å². The summed E-state index contributed by atoms with van der Waals surface area (Å²) >= 11 is 0. The molecule has 1 aliphatic rings. The smallest absolute Gasteiger partial charge is 0.269 e. The largest absolute Gasteiger partial charge is 0.316 e. The molecule has 0 unspecified atom stereocenters. The molecule has 9 heavy (non-hydrogen) atoms. The molecule has 0 aliphatic carbocycles. The number of nitrogens with one attached hydrogen (secondary N) is 1. The van der Waals surface area contributed by atoms with Crippen LogP contribution in [0.1, 0.15) is 12.8 Å². The Labute approximate surface area is 52.7 Å². The van der Waals surface area contributed by atoms with Gasteiger partial charge < -0.3 is 5.32 Å². The third kappa shape index (κ3) is 1.75. The molecule has 0 radical (unpaired) electrons. The first kappa shape index (κ1) is 6.68. The van der Waals surface area contributed by atoms with Crippen LogP contribution < -0.4 is 5.32 Å². The topological polar surface area (TPSA) is 12.0 Å². The van der Waals surface area contributed by atoms with E-state index in [9.17, 15) is 8.78 Å². The van der Waals surface area contributed by atoms with Crippen molar-refractivity contribution in [2.24, 2.45) is 0 Å². The molecular weight excluding hydrogens is 124 g/mol. The summed E-state index contributed by atoms with van der Waals surface area (Å²) in [7, 11) is 0. The van der Waals surface area contributed by atoms with Crippen LogP contribution in [0.15, 0.2) is 11.7 Å². The minimum atomic E-state index is -1.48. The second kappa shape index (κ2) is 2.92. The van der Waals surface area contributed by atoms with Crippen molar-refractivity contribution >= 4 is 0 Å². The van der Waals surface area contributed by atoms with Crippen LogP contribution in [0, 0.1) is 0 Å². The lowest BCUT2D eigenvalue weighted by Crippen LogP contribution is -2.23. The normalized spacial score (nSPS) is 20.0. The SMILES string of the molecule is FC(F)=C1CCNCC1. The maximum absolute atomic E-state index is 11.8. The van der Waals surface area contributed by atoms with E-state index in [1.807, 2.05) is 0 Å². The quantitative estimate of drug-likeness (QED) is 0.528. The summed E-state index contributed by atoms with van der Waals surface area (Å²) in [5.74, 6) is 0. The molecule has 0 saturated carbocycles. The summed E-state index contributed by atoms with van der Waals surface area (Å²) in [6, 6.07) is 0. The molecule has 0 aromatic carbocycles. The fourth-order valence-electron chi connectivity index (χ4n) is 0.918. The first-order valence-corrected chi connectivity index (χ1v) is 3.04. The zero-order valence-corrected chi connectivity index (χ0v) is 5.08. The van der Waals surface area contributed by atoms with Crippen LogP contribution in [0.5, 0.6) is 0 Å². The first-order chi connectivity index (χ1) is 4.30. The second-order valence-electron chi connectivity index (χ2n) is 2.11. The number of halogens is 2. The van der Waals surface area contributed by atoms with E-state index in [1.165, 1.54) is 0 Å². The molecule has 3 heteroatoms. The van der Waals surface area contributed by atoms with Gasteiger partial charge in [0.25, 0.3) is 6.08 Å². The summed E-state index contributed by atoms with van der Waals surface area (Å²) in [4.78, 5) is 0. The maximum Gasteiger partial charge on any atom is 0.269 e. The Bertz CT molecular complexity index is 119. The minimum absolute atomic E-state index is 0.328. The third-order valence-corrected chi connectivity index (χ3v) is 1.47. The van der Waals surface area contributed by atoms with Crippen LogP contribution in [0.25, 0.3) is 0 Å². The van der Waals surface area contributed by atoms with Crippen LogP contribution in [0.2, 0.25) is 0 Å². The van der Waals surface area contributed by atoms with E-state index >= 15 is 0 Å². The molecule has 1 fully saturated rings. The average molecular weight is 133 g/mol. The van der Waals surface area contributed by atoms with Gasteiger partial charge in [-0.1, -0.05) is 0 Å². The van der Waals surface area contributed by atoms with Gasteiger partial charge in [0.15, 0.2) is 0 Å². The molecule has 1 saturated heterocycles. The summed E-state index contributed by atoms with van der Waals surface area (Å²) in [5.41, 5.74) is 0.328. The van der Waals surface area contributed by atoms with Gasteiger partial charge in [0, 0.05) is 0 Å². The minimum Gasteiger partial charge on any atom is -0.316 e. The zero-order chi connectivity index (χ0) is 6.69. The maximum atomic E-state index is 11.8. The first-order valence-electron chi connectivity index (χ1n) is 3.04. The Kier molecular flexibility index (Phi) is 2.16. The standard InChI is InChI=1S/C6H9F2N/c7-6(8)5-1-3-9-4-2-5/h9H,1-4H2. The molecule has 1 nitrogen and oxygen atoms in total. The monoisotopic (exact) mass is 133 g/mol. The van der Waals surface area contributed by atoms with Crippen molar-refractivity contribution < 1.29 is 8.78 Å². The van der Waals surface area contributed by atoms with E-state index < -0.39 is 6.08 Å². The van der Waals surface area contributed by atoms with Gasteiger partial charge in [0.1, 0.15) is 0 Å². The van der Waals surface area contributed by atoms with Crippen molar-refractivity contribution in [3.63, 3.8) is 0 Å². The third-order valence-electron chi connectivity index (χ3n) is 1.47. The van der Waals surface area contributed by atoms with Crippen LogP contribution in [0.4, 0.5) is 8.78 Å². The number of rotatable bonds is 0. The van der Waals surface area contributed by atoms with Crippen LogP contribution in [-0.2, 0) is 0 Å². The molecule has 1 rings (SSSR count). The number of piperidine rings is 1. The van der Waals surface area contributed by atoms with Crippen molar-refractivity contribution in [1.82, 2.24) is 5.32 Å². The molecular formula is C6H9F2N. The summed E-state index contributed by atoms with van der Waals surface area (Å²) in [6.07, 6.45) is -0.443. The van der Waals surface area contributed by atoms with E-state index in [0.29, 0.717) is 31.5 Å². The molecule has 0 spiro atoms. The van der Waals surface area contributed by atoms with E-state index in [1.54, 1.807) is 0 Å². The Balaban J connectivity index is 2.49. The molecule has 1 aliphatic heterocycles. The summed E-state index contributed by atoms with van der Waals surface area (Å²) in [5, 5.41) is 3.00. The van der Waals surface area contributed by atoms with Gasteiger partial charge in [0.05, 0.1) is 0 Å². The van der Waals surface area contributed by atoms with Gasteiger partial charge in [-0.05, 0) is 31.5 Å².